The van der Waals surface area contributed by atoms with E-state index in [1.165, 1.54) is 23.3 Å². The van der Waals surface area contributed by atoms with Crippen LogP contribution >= 0.6 is 27.3 Å². The van der Waals surface area contributed by atoms with Crippen LogP contribution in [0, 0.1) is 0 Å². The number of furan rings is 1. The van der Waals surface area contributed by atoms with Crippen molar-refractivity contribution in [2.45, 2.75) is 32.1 Å². The van der Waals surface area contributed by atoms with Gasteiger partial charge < -0.3 is 9.40 Å². The summed E-state index contributed by atoms with van der Waals surface area (Å²) in [6.45, 7) is 0. The molecule has 3 aromatic heterocycles. The number of aryl methyl sites for hydroxylation is 2. The molecule has 108 valence electrons. The monoisotopic (exact) mass is 364 g/mol. The van der Waals surface area contributed by atoms with Crippen LogP contribution in [-0.4, -0.2) is 9.97 Å². The number of hydrogen-bond acceptors (Lipinski definition) is 4. The van der Waals surface area contributed by atoms with E-state index in [2.05, 4.69) is 25.9 Å². The molecule has 0 aromatic carbocycles. The van der Waals surface area contributed by atoms with Gasteiger partial charge in [0.15, 0.2) is 16.3 Å². The van der Waals surface area contributed by atoms with E-state index in [4.69, 9.17) is 4.42 Å². The molecule has 0 saturated heterocycles. The summed E-state index contributed by atoms with van der Waals surface area (Å²) in [6, 6.07) is 3.59. The molecule has 3 aromatic rings. The highest BCUT2D eigenvalue weighted by atomic mass is 79.9. The summed E-state index contributed by atoms with van der Waals surface area (Å²) in [5, 5.41) is 0.784. The second-order valence-electron chi connectivity index (χ2n) is 5.26. The maximum atomic E-state index is 12.5. The zero-order valence-electron chi connectivity index (χ0n) is 11.2. The number of H-pyrrole nitrogens is 1. The SMILES string of the molecule is O=c1[nH]c(-c2ccc(Br)o2)nc2sc3c(c12)CCCCC3. The predicted octanol–water partition coefficient (Wildman–Crippen LogP) is 4.28. The molecule has 0 amide bonds. The molecule has 0 atom stereocenters. The van der Waals surface area contributed by atoms with Crippen molar-refractivity contribution in [3.63, 3.8) is 0 Å². The van der Waals surface area contributed by atoms with Gasteiger partial charge in [0.05, 0.1) is 5.39 Å². The molecule has 3 heterocycles. The lowest BCUT2D eigenvalue weighted by Gasteiger charge is -1.99. The van der Waals surface area contributed by atoms with Gasteiger partial charge in [-0.15, -0.1) is 11.3 Å². The van der Waals surface area contributed by atoms with Gasteiger partial charge in [0.1, 0.15) is 4.83 Å². The van der Waals surface area contributed by atoms with Gasteiger partial charge in [-0.05, 0) is 59.3 Å². The van der Waals surface area contributed by atoms with Crippen LogP contribution in [0.25, 0.3) is 21.8 Å². The summed E-state index contributed by atoms with van der Waals surface area (Å²) in [7, 11) is 0. The molecule has 1 N–H and O–H groups in total. The van der Waals surface area contributed by atoms with Crippen LogP contribution in [0.4, 0.5) is 0 Å². The molecule has 0 unspecified atom stereocenters. The maximum Gasteiger partial charge on any atom is 0.260 e. The first kappa shape index (κ1) is 13.3. The molecule has 1 aliphatic carbocycles. The Kier molecular flexibility index (Phi) is 3.23. The Morgan fingerprint density at radius 2 is 2.10 bits per heavy atom. The highest BCUT2D eigenvalue weighted by Gasteiger charge is 2.19. The molecule has 0 fully saturated rings. The van der Waals surface area contributed by atoms with E-state index >= 15 is 0 Å². The normalized spacial score (nSPS) is 15.1. The van der Waals surface area contributed by atoms with E-state index in [-0.39, 0.29) is 5.56 Å². The average Bonchev–Trinajstić information content (AvgIpc) is 2.96. The number of thiophene rings is 1. The van der Waals surface area contributed by atoms with Gasteiger partial charge >= 0.3 is 0 Å². The highest BCUT2D eigenvalue weighted by Crippen LogP contribution is 2.33. The second kappa shape index (κ2) is 5.10. The number of nitrogens with one attached hydrogen (secondary N) is 1. The van der Waals surface area contributed by atoms with Gasteiger partial charge in [-0.3, -0.25) is 4.79 Å². The molecule has 0 bridgehead atoms. The smallest absolute Gasteiger partial charge is 0.260 e. The number of aromatic amines is 1. The van der Waals surface area contributed by atoms with E-state index in [0.717, 1.165) is 29.5 Å². The van der Waals surface area contributed by atoms with Crippen molar-refractivity contribution >= 4 is 37.5 Å². The Labute approximate surface area is 133 Å². The van der Waals surface area contributed by atoms with Crippen LogP contribution in [0.3, 0.4) is 0 Å². The fourth-order valence-electron chi connectivity index (χ4n) is 2.90. The summed E-state index contributed by atoms with van der Waals surface area (Å²) < 4.78 is 6.11. The van der Waals surface area contributed by atoms with Crippen molar-refractivity contribution in [3.8, 4) is 11.6 Å². The molecular formula is C15H13BrN2O2S. The summed E-state index contributed by atoms with van der Waals surface area (Å²) >= 11 is 4.93. The maximum absolute atomic E-state index is 12.5. The highest BCUT2D eigenvalue weighted by molar-refractivity contribution is 9.10. The lowest BCUT2D eigenvalue weighted by atomic mass is 10.1. The van der Waals surface area contributed by atoms with Crippen molar-refractivity contribution < 1.29 is 4.42 Å². The lowest BCUT2D eigenvalue weighted by Crippen LogP contribution is -2.09. The second-order valence-corrected chi connectivity index (χ2v) is 7.13. The minimum Gasteiger partial charge on any atom is -0.446 e. The Balaban J connectivity index is 1.93. The van der Waals surface area contributed by atoms with Gasteiger partial charge in [-0.25, -0.2) is 4.98 Å². The van der Waals surface area contributed by atoms with E-state index in [1.807, 2.05) is 0 Å². The first-order valence-electron chi connectivity index (χ1n) is 7.02. The van der Waals surface area contributed by atoms with Crippen LogP contribution in [0.5, 0.6) is 0 Å². The molecule has 21 heavy (non-hydrogen) atoms. The third kappa shape index (κ3) is 2.26. The van der Waals surface area contributed by atoms with Crippen LogP contribution in [-0.2, 0) is 12.8 Å². The first-order chi connectivity index (χ1) is 10.2. The standard InChI is InChI=1S/C15H13BrN2O2S/c16-11-7-6-9(20-11)13-17-14(19)12-8-4-2-1-3-5-10(8)21-15(12)18-13/h6-7H,1-5H2,(H,17,18,19). The zero-order valence-corrected chi connectivity index (χ0v) is 13.6. The van der Waals surface area contributed by atoms with Crippen LogP contribution in [0.15, 0.2) is 26.0 Å². The quantitative estimate of drug-likeness (QED) is 0.655. The van der Waals surface area contributed by atoms with Crippen molar-refractivity contribution in [1.82, 2.24) is 9.97 Å². The lowest BCUT2D eigenvalue weighted by molar-refractivity contribution is 0.551. The van der Waals surface area contributed by atoms with E-state index < -0.39 is 0 Å². The van der Waals surface area contributed by atoms with Crippen LogP contribution in [0.2, 0.25) is 0 Å². The number of hydrogen-bond donors (Lipinski definition) is 1. The Bertz CT molecular complexity index is 878. The molecule has 0 saturated carbocycles. The van der Waals surface area contributed by atoms with Crippen molar-refractivity contribution in [3.05, 3.63) is 37.6 Å². The molecule has 1 aliphatic rings. The number of nitrogens with zero attached hydrogens (tertiary/aromatic N) is 1. The number of halogens is 1. The summed E-state index contributed by atoms with van der Waals surface area (Å²) in [4.78, 5) is 22.1. The number of aromatic nitrogens is 2. The minimum atomic E-state index is -0.0538. The summed E-state index contributed by atoms with van der Waals surface area (Å²) in [5.41, 5.74) is 1.16. The average molecular weight is 365 g/mol. The van der Waals surface area contributed by atoms with Crippen LogP contribution in [0.1, 0.15) is 29.7 Å². The third-order valence-electron chi connectivity index (χ3n) is 3.88. The van der Waals surface area contributed by atoms with E-state index in [9.17, 15) is 4.79 Å². The van der Waals surface area contributed by atoms with Crippen molar-refractivity contribution in [2.24, 2.45) is 0 Å². The Morgan fingerprint density at radius 3 is 2.90 bits per heavy atom. The number of fused-ring (bicyclic) bond motifs is 3. The molecule has 0 radical (unpaired) electrons. The largest absolute Gasteiger partial charge is 0.446 e. The Hall–Kier alpha value is -1.40. The number of rotatable bonds is 1. The molecule has 4 nitrogen and oxygen atoms in total. The third-order valence-corrected chi connectivity index (χ3v) is 5.49. The van der Waals surface area contributed by atoms with Crippen molar-refractivity contribution in [1.29, 1.82) is 0 Å². The Morgan fingerprint density at radius 1 is 1.24 bits per heavy atom. The van der Waals surface area contributed by atoms with E-state index in [0.29, 0.717) is 16.3 Å². The molecule has 0 spiro atoms. The fraction of sp³-hybridized carbons (Fsp3) is 0.333. The van der Waals surface area contributed by atoms with Gasteiger partial charge in [-0.2, -0.15) is 0 Å². The van der Waals surface area contributed by atoms with Crippen LogP contribution < -0.4 is 5.56 Å². The summed E-state index contributed by atoms with van der Waals surface area (Å²) in [5.74, 6) is 1.07. The molecule has 0 aliphatic heterocycles. The summed E-state index contributed by atoms with van der Waals surface area (Å²) in [6.07, 6.45) is 5.66. The van der Waals surface area contributed by atoms with Crippen molar-refractivity contribution in [2.75, 3.05) is 0 Å². The molecular weight excluding hydrogens is 352 g/mol. The van der Waals surface area contributed by atoms with Gasteiger partial charge in [0.25, 0.3) is 5.56 Å². The molecule has 6 heteroatoms. The predicted molar refractivity (Wildman–Crippen MR) is 86.9 cm³/mol. The first-order valence-corrected chi connectivity index (χ1v) is 8.63. The topological polar surface area (TPSA) is 58.9 Å². The fourth-order valence-corrected chi connectivity index (χ4v) is 4.47. The molecule has 4 rings (SSSR count). The van der Waals surface area contributed by atoms with E-state index in [1.54, 1.807) is 23.5 Å². The zero-order chi connectivity index (χ0) is 14.4. The van der Waals surface area contributed by atoms with Gasteiger partial charge in [0, 0.05) is 4.88 Å². The van der Waals surface area contributed by atoms with Gasteiger partial charge in [0.2, 0.25) is 0 Å². The van der Waals surface area contributed by atoms with Gasteiger partial charge in [-0.1, -0.05) is 6.42 Å². The minimum absolute atomic E-state index is 0.0538.